The van der Waals surface area contributed by atoms with E-state index in [0.717, 1.165) is 0 Å². The molecule has 1 atom stereocenters. The maximum absolute atomic E-state index is 2.65. The molecule has 6 rings (SSSR count). The second kappa shape index (κ2) is 9.93. The van der Waals surface area contributed by atoms with Gasteiger partial charge in [-0.05, 0) is 0 Å². The Hall–Kier alpha value is -1.27. The van der Waals surface area contributed by atoms with Gasteiger partial charge in [-0.25, -0.2) is 0 Å². The van der Waals surface area contributed by atoms with Gasteiger partial charge >= 0.3 is 234 Å². The van der Waals surface area contributed by atoms with E-state index in [1.165, 1.54) is 50.1 Å². The van der Waals surface area contributed by atoms with Crippen molar-refractivity contribution in [2.24, 2.45) is 5.92 Å². The van der Waals surface area contributed by atoms with E-state index >= 15 is 0 Å². The van der Waals surface area contributed by atoms with Gasteiger partial charge in [0.05, 0.1) is 0 Å². The largest absolute Gasteiger partial charge is 1.00 e. The fourth-order valence-electron chi connectivity index (χ4n) is 8.07. The SMILES string of the molecule is CC1=CC(C)[C]([Zr+2](=[C](C)C)[CH]2c3cc4c(cc3-c3cc5c(cc32)C(C)(C)C=C5C)C(C)=CC4(C)C)=C1C.[Cl-].[Cl-]. The Kier molecular flexibility index (Phi) is 7.81. The van der Waals surface area contributed by atoms with Gasteiger partial charge in [-0.15, -0.1) is 0 Å². The molecule has 0 saturated carbocycles. The zero-order valence-corrected chi connectivity index (χ0v) is 29.4. The van der Waals surface area contributed by atoms with E-state index in [-0.39, 0.29) is 35.6 Å². The molecular formula is C36H42Cl2Zr. The summed E-state index contributed by atoms with van der Waals surface area (Å²) in [5.74, 6) is 0.571. The second-order valence-electron chi connectivity index (χ2n) is 13.6. The van der Waals surface area contributed by atoms with Crippen molar-refractivity contribution in [2.45, 2.75) is 90.6 Å². The molecule has 0 radical (unpaired) electrons. The van der Waals surface area contributed by atoms with Crippen molar-refractivity contribution in [2.75, 3.05) is 0 Å². The van der Waals surface area contributed by atoms with Crippen LogP contribution in [0.25, 0.3) is 22.3 Å². The Morgan fingerprint density at radius 2 is 1.10 bits per heavy atom. The van der Waals surface area contributed by atoms with Gasteiger partial charge in [0, 0.05) is 0 Å². The van der Waals surface area contributed by atoms with Gasteiger partial charge in [0.25, 0.3) is 0 Å². The van der Waals surface area contributed by atoms with Gasteiger partial charge in [-0.1, -0.05) is 0 Å². The summed E-state index contributed by atoms with van der Waals surface area (Å²) in [6.45, 7) is 26.3. The van der Waals surface area contributed by atoms with Crippen molar-refractivity contribution in [1.82, 2.24) is 0 Å². The van der Waals surface area contributed by atoms with Crippen LogP contribution in [0, 0.1) is 5.92 Å². The smallest absolute Gasteiger partial charge is 1.00 e. The first-order chi connectivity index (χ1) is 17.2. The zero-order chi connectivity index (χ0) is 26.8. The van der Waals surface area contributed by atoms with E-state index in [1.54, 1.807) is 19.9 Å². The van der Waals surface area contributed by atoms with E-state index in [9.17, 15) is 0 Å². The average molecular weight is 637 g/mol. The summed E-state index contributed by atoms with van der Waals surface area (Å²) < 4.78 is 4.10. The van der Waals surface area contributed by atoms with Gasteiger partial charge in [0.15, 0.2) is 0 Å². The monoisotopic (exact) mass is 634 g/mol. The predicted octanol–water partition coefficient (Wildman–Crippen LogP) is 3.85. The number of hydrogen-bond donors (Lipinski definition) is 0. The first-order valence-corrected chi connectivity index (χ1v) is 17.9. The topological polar surface area (TPSA) is 0 Å². The maximum atomic E-state index is 2.65. The third-order valence-corrected chi connectivity index (χ3v) is 18.8. The Morgan fingerprint density at radius 1 is 0.667 bits per heavy atom. The van der Waals surface area contributed by atoms with E-state index in [2.05, 4.69) is 119 Å². The van der Waals surface area contributed by atoms with Crippen LogP contribution in [-0.4, -0.2) is 3.21 Å². The summed E-state index contributed by atoms with van der Waals surface area (Å²) in [5.41, 5.74) is 18.4. The Bertz CT molecular complexity index is 1500. The van der Waals surface area contributed by atoms with E-state index in [1.807, 2.05) is 3.28 Å². The summed E-state index contributed by atoms with van der Waals surface area (Å²) in [5, 5.41) is 0. The maximum Gasteiger partial charge on any atom is -1.00 e. The van der Waals surface area contributed by atoms with Crippen molar-refractivity contribution >= 4 is 14.4 Å². The summed E-state index contributed by atoms with van der Waals surface area (Å²) >= 11 is -2.29. The van der Waals surface area contributed by atoms with Gasteiger partial charge in [-0.3, -0.25) is 0 Å². The second-order valence-corrected chi connectivity index (χ2v) is 20.8. The van der Waals surface area contributed by atoms with Crippen molar-refractivity contribution in [3.63, 3.8) is 0 Å². The minimum Gasteiger partial charge on any atom is -1.00 e. The normalized spacial score (nSPS) is 21.0. The number of benzene rings is 2. The van der Waals surface area contributed by atoms with Crippen LogP contribution in [0.5, 0.6) is 0 Å². The van der Waals surface area contributed by atoms with Gasteiger partial charge in [0.2, 0.25) is 0 Å². The molecule has 3 heteroatoms. The molecule has 0 aromatic heterocycles. The molecule has 0 bridgehead atoms. The summed E-state index contributed by atoms with van der Waals surface area (Å²) in [7, 11) is 0. The predicted molar refractivity (Wildman–Crippen MR) is 159 cm³/mol. The molecule has 0 saturated heterocycles. The Morgan fingerprint density at radius 3 is 1.46 bits per heavy atom. The fourth-order valence-corrected chi connectivity index (χ4v) is 17.2. The average Bonchev–Trinajstić information content (AvgIpc) is 3.40. The summed E-state index contributed by atoms with van der Waals surface area (Å²) in [6, 6.07) is 10.5. The van der Waals surface area contributed by atoms with Crippen LogP contribution in [0.1, 0.15) is 113 Å². The molecule has 0 amide bonds. The van der Waals surface area contributed by atoms with Gasteiger partial charge in [0.1, 0.15) is 0 Å². The summed E-state index contributed by atoms with van der Waals surface area (Å²) in [4.78, 5) is 0. The van der Waals surface area contributed by atoms with Crippen LogP contribution in [0.15, 0.2) is 56.9 Å². The summed E-state index contributed by atoms with van der Waals surface area (Å²) in [6.07, 6.45) is 7.50. The molecule has 1 unspecified atom stereocenters. The number of halogens is 2. The first kappa shape index (κ1) is 30.7. The van der Waals surface area contributed by atoms with Crippen LogP contribution in [0.2, 0.25) is 0 Å². The number of rotatable bonds is 2. The molecule has 0 heterocycles. The standard InChI is InChI=1S/C25H25.C8H11.C3H6.2ClH.Zr/c1-14-12-24(3,4)22-8-16-7-17-9-23-19(15(2)13-25(23,5)6)11-21(17)20(16)10-18(14)22;1-6-4-7(2)8(3)5-6;1-3-2;;;/h7-13H,1-6H3;4,6H,1-3H3;1-2H3;2*1H;/q;;;;;+2/p-2. The van der Waals surface area contributed by atoms with Crippen LogP contribution in [0.4, 0.5) is 0 Å². The molecule has 0 aliphatic heterocycles. The molecule has 0 N–H and O–H groups in total. The van der Waals surface area contributed by atoms with Crippen LogP contribution < -0.4 is 24.8 Å². The number of hydrogen-bond acceptors (Lipinski definition) is 0. The van der Waals surface area contributed by atoms with Crippen molar-refractivity contribution < 1.29 is 46.1 Å². The van der Waals surface area contributed by atoms with E-state index in [0.29, 0.717) is 9.54 Å². The third kappa shape index (κ3) is 4.37. The van der Waals surface area contributed by atoms with Crippen LogP contribution in [0.3, 0.4) is 0 Å². The van der Waals surface area contributed by atoms with E-state index in [4.69, 9.17) is 0 Å². The fraction of sp³-hybridized carbons (Fsp3) is 0.417. The zero-order valence-electron chi connectivity index (χ0n) is 25.5. The first-order valence-electron chi connectivity index (χ1n) is 14.1. The van der Waals surface area contributed by atoms with E-state index < -0.39 is 21.3 Å². The molecule has 204 valence electrons. The third-order valence-electron chi connectivity index (χ3n) is 9.75. The van der Waals surface area contributed by atoms with Crippen molar-refractivity contribution in [1.29, 1.82) is 0 Å². The molecule has 4 aliphatic carbocycles. The molecule has 0 fully saturated rings. The molecule has 2 aromatic carbocycles. The van der Waals surface area contributed by atoms with Gasteiger partial charge < -0.3 is 24.8 Å². The Labute approximate surface area is 256 Å². The van der Waals surface area contributed by atoms with Crippen LogP contribution >= 0.6 is 0 Å². The van der Waals surface area contributed by atoms with Gasteiger partial charge in [-0.2, -0.15) is 0 Å². The molecule has 0 spiro atoms. The Balaban J connectivity index is 0.00000176. The molecule has 0 nitrogen and oxygen atoms in total. The number of allylic oxidation sites excluding steroid dienone is 8. The van der Waals surface area contributed by atoms with Crippen LogP contribution in [-0.2, 0) is 32.1 Å². The molecule has 2 aromatic rings. The quantitative estimate of drug-likeness (QED) is 0.470. The van der Waals surface area contributed by atoms with Crippen molar-refractivity contribution in [3.8, 4) is 11.1 Å². The minimum atomic E-state index is -2.29. The minimum absolute atomic E-state index is 0. The van der Waals surface area contributed by atoms with Crippen molar-refractivity contribution in [3.05, 3.63) is 90.3 Å². The molecule has 39 heavy (non-hydrogen) atoms. The molecular weight excluding hydrogens is 595 g/mol. The number of fused-ring (bicyclic) bond motifs is 5. The molecule has 4 aliphatic rings.